The largest absolute Gasteiger partial charge is 0.477 e. The van der Waals surface area contributed by atoms with E-state index in [-0.39, 0.29) is 19.8 Å². The summed E-state index contributed by atoms with van der Waals surface area (Å²) in [5.41, 5.74) is 8.47. The molecule has 34 heavy (non-hydrogen) atoms. The number of phosphoric acid groups is 1. The second-order valence-electron chi connectivity index (χ2n) is 6.98. The first-order valence-electron chi connectivity index (χ1n) is 10.1. The molecule has 1 amide bonds. The van der Waals surface area contributed by atoms with Gasteiger partial charge in [-0.2, -0.15) is 0 Å². The fourth-order valence-corrected chi connectivity index (χ4v) is 4.17. The standard InChI is InChI=1S/C19H29N4O10P/c1-6-8-29-34(27,30-9-7-2)33-19-17(22-16(26)10-21-23-20)12(3)18(31-14(5)25)15(32-19)11-28-13(4)24/h6-7,12,15,17-19H,1-2,8-11H2,3-5H3,(H,22,26)/t12?,15?,17-,18+,19+/m0/s1. The number of phosphoric ester groups is 1. The fraction of sp³-hybridized carbons (Fsp3) is 0.632. The molecular weight excluding hydrogens is 475 g/mol. The highest BCUT2D eigenvalue weighted by molar-refractivity contribution is 7.48. The average Bonchev–Trinajstić information content (AvgIpc) is 2.78. The van der Waals surface area contributed by atoms with Crippen LogP contribution in [0.2, 0.25) is 0 Å². The number of amides is 1. The number of hydrogen-bond donors (Lipinski definition) is 1. The molecular formula is C19H29N4O10P. The topological polar surface area (TPSA) is 184 Å². The summed E-state index contributed by atoms with van der Waals surface area (Å²) in [7, 11) is -4.28. The maximum atomic E-state index is 13.1. The summed E-state index contributed by atoms with van der Waals surface area (Å²) in [5, 5.41) is 5.74. The van der Waals surface area contributed by atoms with Gasteiger partial charge in [0, 0.05) is 24.7 Å². The Bertz CT molecular complexity index is 831. The second-order valence-corrected chi connectivity index (χ2v) is 8.60. The normalized spacial score (nSPS) is 24.3. The number of nitrogens with zero attached hydrogens (tertiary/aromatic N) is 3. The van der Waals surface area contributed by atoms with Crippen molar-refractivity contribution in [2.24, 2.45) is 11.0 Å². The van der Waals surface area contributed by atoms with Crippen LogP contribution in [0.1, 0.15) is 20.8 Å². The zero-order valence-corrected chi connectivity index (χ0v) is 20.0. The van der Waals surface area contributed by atoms with Crippen LogP contribution in [-0.2, 0) is 46.7 Å². The van der Waals surface area contributed by atoms with Crippen molar-refractivity contribution in [2.75, 3.05) is 26.4 Å². The summed E-state index contributed by atoms with van der Waals surface area (Å²) in [6.45, 7) is 9.64. The van der Waals surface area contributed by atoms with E-state index >= 15 is 0 Å². The first-order valence-corrected chi connectivity index (χ1v) is 11.6. The van der Waals surface area contributed by atoms with Gasteiger partial charge >= 0.3 is 19.8 Å². The minimum Gasteiger partial charge on any atom is -0.463 e. The Morgan fingerprint density at radius 3 is 2.29 bits per heavy atom. The summed E-state index contributed by atoms with van der Waals surface area (Å²) >= 11 is 0. The van der Waals surface area contributed by atoms with Crippen LogP contribution in [0, 0.1) is 5.92 Å². The minimum absolute atomic E-state index is 0.197. The monoisotopic (exact) mass is 504 g/mol. The molecule has 1 fully saturated rings. The van der Waals surface area contributed by atoms with Crippen molar-refractivity contribution in [2.45, 2.75) is 45.3 Å². The molecule has 15 heteroatoms. The van der Waals surface area contributed by atoms with Crippen molar-refractivity contribution in [3.8, 4) is 0 Å². The number of azide groups is 1. The van der Waals surface area contributed by atoms with E-state index in [0.717, 1.165) is 0 Å². The van der Waals surface area contributed by atoms with Gasteiger partial charge in [-0.15, -0.1) is 13.2 Å². The molecule has 0 spiro atoms. The predicted molar refractivity (Wildman–Crippen MR) is 117 cm³/mol. The second kappa shape index (κ2) is 14.5. The Labute approximate surface area is 196 Å². The first kappa shape index (κ1) is 29.3. The van der Waals surface area contributed by atoms with Gasteiger partial charge in [0.2, 0.25) is 5.91 Å². The zero-order chi connectivity index (χ0) is 25.7. The molecule has 1 heterocycles. The average molecular weight is 504 g/mol. The molecule has 0 radical (unpaired) electrons. The van der Waals surface area contributed by atoms with Crippen molar-refractivity contribution >= 4 is 25.7 Å². The Hall–Kier alpha value is -2.73. The van der Waals surface area contributed by atoms with Gasteiger partial charge in [-0.1, -0.05) is 24.2 Å². The highest BCUT2D eigenvalue weighted by Crippen LogP contribution is 2.52. The lowest BCUT2D eigenvalue weighted by molar-refractivity contribution is -0.242. The molecule has 1 aliphatic heterocycles. The molecule has 0 saturated carbocycles. The lowest BCUT2D eigenvalue weighted by atomic mass is 9.88. The number of esters is 2. The van der Waals surface area contributed by atoms with E-state index in [2.05, 4.69) is 28.5 Å². The van der Waals surface area contributed by atoms with Crippen LogP contribution in [0.15, 0.2) is 30.4 Å². The van der Waals surface area contributed by atoms with E-state index in [0.29, 0.717) is 0 Å². The van der Waals surface area contributed by atoms with Crippen LogP contribution in [-0.4, -0.2) is 68.8 Å². The quantitative estimate of drug-likeness (QED) is 0.0918. The molecule has 5 atom stereocenters. The molecule has 0 aliphatic carbocycles. The third kappa shape index (κ3) is 9.64. The smallest absolute Gasteiger partial charge is 0.463 e. The zero-order valence-electron chi connectivity index (χ0n) is 19.2. The van der Waals surface area contributed by atoms with Crippen LogP contribution < -0.4 is 5.32 Å². The fourth-order valence-electron chi connectivity index (χ4n) is 2.96. The summed E-state index contributed by atoms with van der Waals surface area (Å²) in [4.78, 5) is 37.8. The van der Waals surface area contributed by atoms with Crippen molar-refractivity contribution in [3.05, 3.63) is 35.8 Å². The van der Waals surface area contributed by atoms with Crippen LogP contribution in [0.5, 0.6) is 0 Å². The van der Waals surface area contributed by atoms with Gasteiger partial charge in [0.25, 0.3) is 0 Å². The molecule has 0 aromatic heterocycles. The molecule has 1 N–H and O–H groups in total. The molecule has 0 aromatic rings. The molecule has 1 aliphatic rings. The van der Waals surface area contributed by atoms with Crippen LogP contribution in [0.25, 0.3) is 10.4 Å². The number of nitrogens with one attached hydrogen (secondary N) is 1. The molecule has 2 unspecified atom stereocenters. The Morgan fingerprint density at radius 2 is 1.79 bits per heavy atom. The number of hydrogen-bond acceptors (Lipinski definition) is 11. The molecule has 1 rings (SSSR count). The number of ether oxygens (including phenoxy) is 3. The SMILES string of the molecule is C=CCOP(=O)(OCC=C)O[C@H]1OC(COC(C)=O)[C@H](OC(C)=O)C(C)[C@@H]1NC(=O)CN=[N+]=[N-]. The molecule has 14 nitrogen and oxygen atoms in total. The van der Waals surface area contributed by atoms with E-state index in [4.69, 9.17) is 33.3 Å². The van der Waals surface area contributed by atoms with E-state index in [1.54, 1.807) is 6.92 Å². The number of carbonyl (C=O) groups excluding carboxylic acids is 3. The third-order valence-corrected chi connectivity index (χ3v) is 5.74. The Kier molecular flexibility index (Phi) is 12.5. The van der Waals surface area contributed by atoms with Crippen molar-refractivity contribution < 1.29 is 46.7 Å². The highest BCUT2D eigenvalue weighted by Gasteiger charge is 2.49. The van der Waals surface area contributed by atoms with Crippen LogP contribution in [0.3, 0.4) is 0 Å². The Balaban J connectivity index is 3.32. The van der Waals surface area contributed by atoms with Crippen LogP contribution in [0.4, 0.5) is 0 Å². The first-order chi connectivity index (χ1) is 16.1. The summed E-state index contributed by atoms with van der Waals surface area (Å²) < 4.78 is 45.2. The van der Waals surface area contributed by atoms with Crippen molar-refractivity contribution in [3.63, 3.8) is 0 Å². The van der Waals surface area contributed by atoms with Crippen molar-refractivity contribution in [1.29, 1.82) is 0 Å². The molecule has 0 bridgehead atoms. The summed E-state index contributed by atoms with van der Waals surface area (Å²) in [6, 6.07) is -1.08. The van der Waals surface area contributed by atoms with Gasteiger partial charge in [0.15, 0.2) is 6.29 Å². The predicted octanol–water partition coefficient (Wildman–Crippen LogP) is 2.17. The molecule has 1 saturated heterocycles. The van der Waals surface area contributed by atoms with Gasteiger partial charge in [-0.3, -0.25) is 28.0 Å². The van der Waals surface area contributed by atoms with Crippen molar-refractivity contribution in [1.82, 2.24) is 5.32 Å². The Morgan fingerprint density at radius 1 is 1.18 bits per heavy atom. The van der Waals surface area contributed by atoms with E-state index in [1.807, 2.05) is 0 Å². The number of rotatable bonds is 14. The highest BCUT2D eigenvalue weighted by atomic mass is 31.2. The lowest BCUT2D eigenvalue weighted by Gasteiger charge is -2.44. The summed E-state index contributed by atoms with van der Waals surface area (Å²) in [5.74, 6) is -2.69. The van der Waals surface area contributed by atoms with Gasteiger partial charge in [-0.25, -0.2) is 4.57 Å². The molecule has 0 aromatic carbocycles. The maximum absolute atomic E-state index is 13.1. The minimum atomic E-state index is -4.28. The molecule has 190 valence electrons. The van der Waals surface area contributed by atoms with Gasteiger partial charge < -0.3 is 19.5 Å². The van der Waals surface area contributed by atoms with E-state index < -0.39 is 62.7 Å². The summed E-state index contributed by atoms with van der Waals surface area (Å²) in [6.07, 6.45) is -0.888. The van der Waals surface area contributed by atoms with E-state index in [9.17, 15) is 18.9 Å². The van der Waals surface area contributed by atoms with Crippen LogP contribution >= 0.6 is 7.82 Å². The third-order valence-electron chi connectivity index (χ3n) is 4.35. The van der Waals surface area contributed by atoms with Gasteiger partial charge in [0.1, 0.15) is 25.4 Å². The van der Waals surface area contributed by atoms with Gasteiger partial charge in [0.05, 0.1) is 19.3 Å². The lowest BCUT2D eigenvalue weighted by Crippen LogP contribution is -2.62. The van der Waals surface area contributed by atoms with Gasteiger partial charge in [-0.05, 0) is 5.53 Å². The van der Waals surface area contributed by atoms with E-state index in [1.165, 1.54) is 26.0 Å². The number of carbonyl (C=O) groups is 3. The maximum Gasteiger partial charge on any atom is 0.477 e.